The van der Waals surface area contributed by atoms with Gasteiger partial charge in [0.25, 0.3) is 0 Å². The first-order chi connectivity index (χ1) is 20.5. The third-order valence-electron chi connectivity index (χ3n) is 7.34. The summed E-state index contributed by atoms with van der Waals surface area (Å²) in [4.78, 5) is 28.6. The van der Waals surface area contributed by atoms with Crippen molar-refractivity contribution >= 4 is 28.6 Å². The fraction of sp³-hybridized carbons (Fsp3) is 0.387. The Morgan fingerprint density at radius 2 is 1.93 bits per heavy atom. The lowest BCUT2D eigenvalue weighted by atomic mass is 10.00. The molecule has 4 aromatic rings. The van der Waals surface area contributed by atoms with E-state index >= 15 is 4.39 Å². The van der Waals surface area contributed by atoms with Crippen molar-refractivity contribution in [3.05, 3.63) is 81.1 Å². The molecular weight excluding hydrogens is 573 g/mol. The van der Waals surface area contributed by atoms with Crippen LogP contribution >= 0.6 is 11.6 Å². The monoisotopic (exact) mass is 611 g/mol. The van der Waals surface area contributed by atoms with E-state index in [1.807, 2.05) is 37.3 Å². The lowest BCUT2D eigenvalue weighted by Gasteiger charge is -2.22. The van der Waals surface area contributed by atoms with E-state index in [4.69, 9.17) is 28.3 Å². The normalized spacial score (nSPS) is 13.0. The smallest absolute Gasteiger partial charge is 0.354 e. The van der Waals surface area contributed by atoms with Crippen LogP contribution in [0, 0.1) is 11.7 Å². The lowest BCUT2D eigenvalue weighted by molar-refractivity contribution is -0.247. The maximum absolute atomic E-state index is 15.1. The Bertz CT molecular complexity index is 1610. The maximum Gasteiger partial charge on any atom is 0.354 e. The van der Waals surface area contributed by atoms with E-state index in [0.29, 0.717) is 46.9 Å². The molecule has 4 rings (SSSR count). The predicted octanol–water partition coefficient (Wildman–Crippen LogP) is 5.32. The van der Waals surface area contributed by atoms with Crippen LogP contribution in [0.25, 0.3) is 28.0 Å². The van der Waals surface area contributed by atoms with E-state index in [9.17, 15) is 4.79 Å². The van der Waals surface area contributed by atoms with Crippen molar-refractivity contribution in [2.45, 2.75) is 58.5 Å². The molecule has 2 aromatic carbocycles. The second-order valence-electron chi connectivity index (χ2n) is 11.2. The van der Waals surface area contributed by atoms with Gasteiger partial charge in [-0.3, -0.25) is 14.8 Å². The van der Waals surface area contributed by atoms with Gasteiger partial charge in [-0.15, -0.1) is 0 Å². The largest absolute Gasteiger partial charge is 0.370 e. The number of guanidine groups is 1. The van der Waals surface area contributed by atoms with Crippen molar-refractivity contribution in [3.63, 3.8) is 0 Å². The Labute approximate surface area is 254 Å². The molecule has 0 spiro atoms. The van der Waals surface area contributed by atoms with Crippen LogP contribution in [0.15, 0.2) is 58.4 Å². The Kier molecular flexibility index (Phi) is 10.9. The molecule has 230 valence electrons. The van der Waals surface area contributed by atoms with Gasteiger partial charge in [0.05, 0.1) is 23.0 Å². The highest BCUT2D eigenvalue weighted by Gasteiger charge is 2.17. The number of H-pyrrole nitrogens is 1. The Hall–Kier alpha value is -3.77. The quantitative estimate of drug-likeness (QED) is 0.0558. The van der Waals surface area contributed by atoms with E-state index in [1.54, 1.807) is 18.3 Å². The molecule has 2 aromatic heterocycles. The van der Waals surface area contributed by atoms with Crippen LogP contribution in [-0.4, -0.2) is 44.9 Å². The summed E-state index contributed by atoms with van der Waals surface area (Å²) in [6.07, 6.45) is 5.10. The second kappa shape index (κ2) is 14.6. The van der Waals surface area contributed by atoms with Crippen molar-refractivity contribution < 1.29 is 14.5 Å². The number of aliphatic imine (C=N–C) groups is 1. The number of hydrogen-bond donors (Lipinski definition) is 5. The summed E-state index contributed by atoms with van der Waals surface area (Å²) in [6, 6.07) is 12.4. The second-order valence-corrected chi connectivity index (χ2v) is 11.6. The molecule has 0 bridgehead atoms. The topological polar surface area (TPSA) is 157 Å². The fourth-order valence-corrected chi connectivity index (χ4v) is 5.29. The number of fused-ring (bicyclic) bond motifs is 1. The zero-order valence-corrected chi connectivity index (χ0v) is 25.4. The molecule has 0 aliphatic carbocycles. The summed E-state index contributed by atoms with van der Waals surface area (Å²) in [6.45, 7) is 6.79. The number of halogens is 2. The molecule has 12 heteroatoms. The van der Waals surface area contributed by atoms with Crippen LogP contribution in [0.1, 0.15) is 57.2 Å². The molecule has 0 saturated heterocycles. The van der Waals surface area contributed by atoms with Crippen LogP contribution in [0.3, 0.4) is 0 Å². The molecular formula is C31H39ClFN7O3. The number of nitrogens with zero attached hydrogens (tertiary/aromatic N) is 3. The van der Waals surface area contributed by atoms with Gasteiger partial charge in [-0.2, -0.15) is 4.98 Å². The number of nitrogens with two attached hydrogens (primary N) is 2. The van der Waals surface area contributed by atoms with E-state index in [-0.39, 0.29) is 29.7 Å². The van der Waals surface area contributed by atoms with Gasteiger partial charge in [-0.05, 0) is 73.6 Å². The average Bonchev–Trinajstić information content (AvgIpc) is 3.36. The van der Waals surface area contributed by atoms with E-state index in [2.05, 4.69) is 39.0 Å². The van der Waals surface area contributed by atoms with Crippen molar-refractivity contribution in [2.75, 3.05) is 13.2 Å². The Balaban J connectivity index is 1.54. The molecule has 43 heavy (non-hydrogen) atoms. The zero-order valence-electron chi connectivity index (χ0n) is 24.6. The lowest BCUT2D eigenvalue weighted by Crippen LogP contribution is -2.36. The standard InChI is InChI=1S/C31H39ClFN7O3/c1-18(2)5-4-6-20-13-25(28(33)26(32)14-20)27-15-22-16-40(31(41)39-29(22)38-27)24-9-7-21(8-10-24)19(3)37-23(17-43-42)11-12-36-30(34)35/h7-10,13-16,18-19,23,37,42H,4-6,11-12,17H2,1-3H3,(H4,34,35,36)(H,38,39,41)/t19-,23-/m0/s1. The van der Waals surface area contributed by atoms with E-state index in [0.717, 1.165) is 30.4 Å². The molecule has 0 unspecified atom stereocenters. The summed E-state index contributed by atoms with van der Waals surface area (Å²) < 4.78 is 16.6. The van der Waals surface area contributed by atoms with Gasteiger partial charge in [0, 0.05) is 35.8 Å². The number of nitrogens with one attached hydrogen (secondary N) is 2. The van der Waals surface area contributed by atoms with Gasteiger partial charge < -0.3 is 21.8 Å². The minimum absolute atomic E-state index is 0.00405. The van der Waals surface area contributed by atoms with Crippen molar-refractivity contribution in [1.82, 2.24) is 19.9 Å². The first-order valence-electron chi connectivity index (χ1n) is 14.3. The van der Waals surface area contributed by atoms with Crippen LogP contribution in [0.4, 0.5) is 4.39 Å². The molecule has 0 fully saturated rings. The van der Waals surface area contributed by atoms with Crippen LogP contribution in [0.5, 0.6) is 0 Å². The number of aromatic nitrogens is 3. The number of rotatable bonds is 14. The van der Waals surface area contributed by atoms with Gasteiger partial charge in [0.2, 0.25) is 0 Å². The summed E-state index contributed by atoms with van der Waals surface area (Å²) in [5.41, 5.74) is 14.1. The number of benzene rings is 2. The van der Waals surface area contributed by atoms with Crippen molar-refractivity contribution in [1.29, 1.82) is 0 Å². The highest BCUT2D eigenvalue weighted by molar-refractivity contribution is 6.31. The van der Waals surface area contributed by atoms with E-state index in [1.165, 1.54) is 4.57 Å². The number of aromatic amines is 1. The number of aryl methyl sites for hydroxylation is 1. The first-order valence-corrected chi connectivity index (χ1v) is 14.7. The SMILES string of the molecule is CC(C)CCCc1cc(Cl)c(F)c(-c2cc3cn(-c4ccc([C@H](C)N[C@@H](CCN=C(N)N)COO)cc4)c(=O)nc3[nH]2)c1. The minimum Gasteiger partial charge on any atom is -0.370 e. The molecule has 2 atom stereocenters. The predicted molar refractivity (Wildman–Crippen MR) is 169 cm³/mol. The maximum atomic E-state index is 15.1. The third kappa shape index (κ3) is 8.41. The summed E-state index contributed by atoms with van der Waals surface area (Å²) >= 11 is 6.26. The minimum atomic E-state index is -0.515. The van der Waals surface area contributed by atoms with E-state index < -0.39 is 11.5 Å². The van der Waals surface area contributed by atoms with Crippen molar-refractivity contribution in [3.8, 4) is 16.9 Å². The van der Waals surface area contributed by atoms with Gasteiger partial charge in [0.15, 0.2) is 11.8 Å². The molecule has 0 saturated carbocycles. The summed E-state index contributed by atoms with van der Waals surface area (Å²) in [5.74, 6) is 0.0782. The van der Waals surface area contributed by atoms with Gasteiger partial charge in [-0.1, -0.05) is 44.0 Å². The van der Waals surface area contributed by atoms with Gasteiger partial charge >= 0.3 is 5.69 Å². The zero-order chi connectivity index (χ0) is 31.1. The van der Waals surface area contributed by atoms with Crippen LogP contribution in [0.2, 0.25) is 5.02 Å². The summed E-state index contributed by atoms with van der Waals surface area (Å²) in [5, 5.41) is 13.1. The molecule has 0 aliphatic rings. The highest BCUT2D eigenvalue weighted by atomic mass is 35.5. The number of hydrogen-bond acceptors (Lipinski definition) is 6. The molecule has 10 nitrogen and oxygen atoms in total. The molecule has 2 heterocycles. The summed E-state index contributed by atoms with van der Waals surface area (Å²) in [7, 11) is 0. The van der Waals surface area contributed by atoms with Crippen LogP contribution < -0.4 is 22.5 Å². The fourth-order valence-electron chi connectivity index (χ4n) is 5.05. The average molecular weight is 612 g/mol. The molecule has 0 amide bonds. The first kappa shape index (κ1) is 32.2. The molecule has 7 N–H and O–H groups in total. The van der Waals surface area contributed by atoms with Gasteiger partial charge in [-0.25, -0.2) is 14.1 Å². The van der Waals surface area contributed by atoms with Crippen molar-refractivity contribution in [2.24, 2.45) is 22.4 Å². The third-order valence-corrected chi connectivity index (χ3v) is 7.61. The van der Waals surface area contributed by atoms with Gasteiger partial charge in [0.1, 0.15) is 5.65 Å². The highest BCUT2D eigenvalue weighted by Crippen LogP contribution is 2.31. The Morgan fingerprint density at radius 3 is 2.60 bits per heavy atom. The Morgan fingerprint density at radius 1 is 1.19 bits per heavy atom. The molecule has 0 radical (unpaired) electrons. The van der Waals surface area contributed by atoms with Crippen LogP contribution in [-0.2, 0) is 11.3 Å². The molecule has 0 aliphatic heterocycles.